The summed E-state index contributed by atoms with van der Waals surface area (Å²) in [7, 11) is 1.90. The van der Waals surface area contributed by atoms with Crippen LogP contribution in [-0.2, 0) is 11.3 Å². The molecule has 0 aromatic heterocycles. The van der Waals surface area contributed by atoms with Crippen molar-refractivity contribution in [3.63, 3.8) is 0 Å². The van der Waals surface area contributed by atoms with Crippen molar-refractivity contribution in [1.29, 1.82) is 0 Å². The average Bonchev–Trinajstić information content (AvgIpc) is 2.78. The van der Waals surface area contributed by atoms with Gasteiger partial charge in [-0.2, -0.15) is 0 Å². The highest BCUT2D eigenvalue weighted by atomic mass is 35.5. The highest BCUT2D eigenvalue weighted by molar-refractivity contribution is 5.90. The van der Waals surface area contributed by atoms with Gasteiger partial charge in [-0.15, -0.1) is 24.8 Å². The summed E-state index contributed by atoms with van der Waals surface area (Å²) in [5.74, 6) is 0.0931. The second kappa shape index (κ2) is 13.5. The number of likely N-dealkylation sites (tertiary alicyclic amines) is 1. The Morgan fingerprint density at radius 2 is 1.67 bits per heavy atom. The van der Waals surface area contributed by atoms with Crippen LogP contribution < -0.4 is 10.6 Å². The van der Waals surface area contributed by atoms with Crippen LogP contribution in [0.3, 0.4) is 0 Å². The summed E-state index contributed by atoms with van der Waals surface area (Å²) >= 11 is 0. The molecule has 0 bridgehead atoms. The number of halogens is 2. The number of nitrogens with one attached hydrogen (secondary N) is 2. The highest BCUT2D eigenvalue weighted by Crippen LogP contribution is 2.15. The Bertz CT molecular complexity index is 446. The Labute approximate surface area is 158 Å². The molecule has 1 fully saturated rings. The normalized spacial score (nSPS) is 14.9. The van der Waals surface area contributed by atoms with Crippen molar-refractivity contribution >= 4 is 36.4 Å². The van der Waals surface area contributed by atoms with Gasteiger partial charge < -0.3 is 10.6 Å². The van der Waals surface area contributed by atoms with E-state index in [9.17, 15) is 4.79 Å². The van der Waals surface area contributed by atoms with Crippen molar-refractivity contribution in [2.75, 3.05) is 32.0 Å². The van der Waals surface area contributed by atoms with Crippen LogP contribution >= 0.6 is 24.8 Å². The summed E-state index contributed by atoms with van der Waals surface area (Å²) in [6, 6.07) is 8.30. The predicted molar refractivity (Wildman–Crippen MR) is 106 cm³/mol. The summed E-state index contributed by atoms with van der Waals surface area (Å²) in [6.45, 7) is 4.33. The Kier molecular flexibility index (Phi) is 13.0. The number of benzene rings is 1. The standard InChI is InChI=1S/C18H29N3O.2ClH/c1-19-12-6-7-18(22)20-17-10-8-16(9-11-17)15-21-13-4-2-3-5-14-21;;/h8-11,19H,2-7,12-15H2,1H3,(H,20,22);2*1H. The molecule has 1 aliphatic heterocycles. The molecule has 4 nitrogen and oxygen atoms in total. The minimum atomic E-state index is 0. The van der Waals surface area contributed by atoms with Gasteiger partial charge in [-0.25, -0.2) is 0 Å². The number of carbonyl (C=O) groups excluding carboxylic acids is 1. The molecule has 0 spiro atoms. The van der Waals surface area contributed by atoms with Crippen molar-refractivity contribution in [2.24, 2.45) is 0 Å². The maximum Gasteiger partial charge on any atom is 0.224 e. The van der Waals surface area contributed by atoms with Gasteiger partial charge in [0.1, 0.15) is 0 Å². The summed E-state index contributed by atoms with van der Waals surface area (Å²) in [5, 5.41) is 6.01. The van der Waals surface area contributed by atoms with Crippen LogP contribution in [0.2, 0.25) is 0 Å². The van der Waals surface area contributed by atoms with Gasteiger partial charge in [0.05, 0.1) is 0 Å². The predicted octanol–water partition coefficient (Wildman–Crippen LogP) is 3.84. The molecule has 1 aromatic carbocycles. The van der Waals surface area contributed by atoms with Crippen LogP contribution in [0.25, 0.3) is 0 Å². The Hall–Kier alpha value is -0.810. The number of amides is 1. The maximum atomic E-state index is 11.8. The highest BCUT2D eigenvalue weighted by Gasteiger charge is 2.09. The maximum absolute atomic E-state index is 11.8. The topological polar surface area (TPSA) is 44.4 Å². The number of rotatable bonds is 7. The molecule has 0 atom stereocenters. The molecule has 1 aliphatic rings. The summed E-state index contributed by atoms with van der Waals surface area (Å²) in [6.07, 6.45) is 6.82. The molecule has 2 rings (SSSR count). The van der Waals surface area contributed by atoms with Gasteiger partial charge in [0, 0.05) is 18.7 Å². The van der Waals surface area contributed by atoms with E-state index in [-0.39, 0.29) is 30.7 Å². The van der Waals surface area contributed by atoms with Gasteiger partial charge in [0.2, 0.25) is 5.91 Å². The third-order valence-electron chi connectivity index (χ3n) is 4.17. The molecule has 1 saturated heterocycles. The number of hydrogen-bond donors (Lipinski definition) is 2. The summed E-state index contributed by atoms with van der Waals surface area (Å²) < 4.78 is 0. The monoisotopic (exact) mass is 375 g/mol. The fraction of sp³-hybridized carbons (Fsp3) is 0.611. The molecule has 0 saturated carbocycles. The second-order valence-electron chi connectivity index (χ2n) is 6.14. The lowest BCUT2D eigenvalue weighted by Gasteiger charge is -2.19. The number of nitrogens with zero attached hydrogens (tertiary/aromatic N) is 1. The van der Waals surface area contributed by atoms with Gasteiger partial charge in [0.15, 0.2) is 0 Å². The average molecular weight is 376 g/mol. The van der Waals surface area contributed by atoms with Crippen LogP contribution in [-0.4, -0.2) is 37.5 Å². The van der Waals surface area contributed by atoms with E-state index >= 15 is 0 Å². The fourth-order valence-electron chi connectivity index (χ4n) is 2.90. The van der Waals surface area contributed by atoms with Crippen molar-refractivity contribution in [3.05, 3.63) is 29.8 Å². The van der Waals surface area contributed by atoms with E-state index in [1.54, 1.807) is 0 Å². The lowest BCUT2D eigenvalue weighted by Crippen LogP contribution is -2.23. The van der Waals surface area contributed by atoms with Crippen molar-refractivity contribution in [3.8, 4) is 0 Å². The van der Waals surface area contributed by atoms with Gasteiger partial charge in [0.25, 0.3) is 0 Å². The van der Waals surface area contributed by atoms with Crippen LogP contribution in [0.4, 0.5) is 5.69 Å². The molecule has 6 heteroatoms. The minimum Gasteiger partial charge on any atom is -0.326 e. The molecule has 1 amide bonds. The summed E-state index contributed by atoms with van der Waals surface area (Å²) in [4.78, 5) is 14.3. The number of anilines is 1. The zero-order valence-corrected chi connectivity index (χ0v) is 16.2. The lowest BCUT2D eigenvalue weighted by molar-refractivity contribution is -0.116. The molecule has 0 radical (unpaired) electrons. The molecule has 1 aromatic rings. The summed E-state index contributed by atoms with van der Waals surface area (Å²) in [5.41, 5.74) is 2.23. The van der Waals surface area contributed by atoms with E-state index in [2.05, 4.69) is 27.7 Å². The first-order valence-electron chi connectivity index (χ1n) is 8.53. The van der Waals surface area contributed by atoms with Crippen molar-refractivity contribution in [2.45, 2.75) is 45.1 Å². The Morgan fingerprint density at radius 1 is 1.04 bits per heavy atom. The molecule has 24 heavy (non-hydrogen) atoms. The van der Waals surface area contributed by atoms with Crippen molar-refractivity contribution < 1.29 is 4.79 Å². The van der Waals surface area contributed by atoms with E-state index < -0.39 is 0 Å². The quantitative estimate of drug-likeness (QED) is 0.711. The number of carbonyl (C=O) groups is 1. The van der Waals surface area contributed by atoms with Gasteiger partial charge in [-0.1, -0.05) is 25.0 Å². The lowest BCUT2D eigenvalue weighted by atomic mass is 10.2. The van der Waals surface area contributed by atoms with E-state index in [1.807, 2.05) is 19.2 Å². The van der Waals surface area contributed by atoms with Gasteiger partial charge in [-0.3, -0.25) is 9.69 Å². The molecule has 1 heterocycles. The third-order valence-corrected chi connectivity index (χ3v) is 4.17. The first-order chi connectivity index (χ1) is 10.8. The molecule has 2 N–H and O–H groups in total. The molecular weight excluding hydrogens is 345 g/mol. The van der Waals surface area contributed by atoms with Gasteiger partial charge in [-0.05, 0) is 63.6 Å². The van der Waals surface area contributed by atoms with Crippen LogP contribution in [0, 0.1) is 0 Å². The SMILES string of the molecule is CNCCCC(=O)Nc1ccc(CN2CCCCCC2)cc1.Cl.Cl. The molecule has 0 unspecified atom stereocenters. The smallest absolute Gasteiger partial charge is 0.224 e. The van der Waals surface area contributed by atoms with Crippen molar-refractivity contribution in [1.82, 2.24) is 10.2 Å². The van der Waals surface area contributed by atoms with Crippen LogP contribution in [0.5, 0.6) is 0 Å². The first-order valence-corrected chi connectivity index (χ1v) is 8.53. The largest absolute Gasteiger partial charge is 0.326 e. The molecule has 0 aliphatic carbocycles. The van der Waals surface area contributed by atoms with Gasteiger partial charge >= 0.3 is 0 Å². The van der Waals surface area contributed by atoms with E-state index in [0.717, 1.165) is 25.2 Å². The van der Waals surface area contributed by atoms with Crippen LogP contribution in [0.1, 0.15) is 44.1 Å². The van der Waals surface area contributed by atoms with E-state index in [4.69, 9.17) is 0 Å². The zero-order chi connectivity index (χ0) is 15.6. The fourth-order valence-corrected chi connectivity index (χ4v) is 2.90. The van der Waals surface area contributed by atoms with E-state index in [0.29, 0.717) is 6.42 Å². The minimum absolute atomic E-state index is 0. The first kappa shape index (κ1) is 23.2. The Morgan fingerprint density at radius 3 is 2.25 bits per heavy atom. The number of hydrogen-bond acceptors (Lipinski definition) is 3. The third kappa shape index (κ3) is 8.88. The second-order valence-corrected chi connectivity index (χ2v) is 6.14. The Balaban J connectivity index is 0.00000264. The molecule has 138 valence electrons. The van der Waals surface area contributed by atoms with Crippen LogP contribution in [0.15, 0.2) is 24.3 Å². The molecular formula is C18H31Cl2N3O. The zero-order valence-electron chi connectivity index (χ0n) is 14.6. The van der Waals surface area contributed by atoms with E-state index in [1.165, 1.54) is 44.3 Å².